The quantitative estimate of drug-likeness (QED) is 0.312. The lowest BCUT2D eigenvalue weighted by Gasteiger charge is -2.31. The molecular formula is C19H34O7. The van der Waals surface area contributed by atoms with E-state index in [-0.39, 0.29) is 25.9 Å². The average molecular weight is 374 g/mol. The van der Waals surface area contributed by atoms with Crippen molar-refractivity contribution in [2.45, 2.75) is 67.4 Å². The summed E-state index contributed by atoms with van der Waals surface area (Å²) in [6, 6.07) is 0. The largest absolute Gasteiger partial charge is 0.465 e. The summed E-state index contributed by atoms with van der Waals surface area (Å²) < 4.78 is 21.2. The minimum absolute atomic E-state index is 0.0815. The van der Waals surface area contributed by atoms with Crippen LogP contribution in [-0.2, 0) is 33.3 Å². The van der Waals surface area contributed by atoms with Crippen LogP contribution in [0, 0.1) is 10.8 Å². The Morgan fingerprint density at radius 3 is 1.54 bits per heavy atom. The summed E-state index contributed by atoms with van der Waals surface area (Å²) >= 11 is 0. The molecule has 26 heavy (non-hydrogen) atoms. The number of esters is 3. The summed E-state index contributed by atoms with van der Waals surface area (Å²) in [4.78, 5) is 37.4. The molecule has 7 heteroatoms. The fraction of sp³-hybridized carbons (Fsp3) is 0.842. The second-order valence-corrected chi connectivity index (χ2v) is 7.10. The zero-order valence-corrected chi connectivity index (χ0v) is 17.2. The summed E-state index contributed by atoms with van der Waals surface area (Å²) in [5, 5.41) is 0. The molecule has 7 nitrogen and oxygen atoms in total. The highest BCUT2D eigenvalue weighted by Gasteiger charge is 2.51. The van der Waals surface area contributed by atoms with E-state index < -0.39 is 35.3 Å². The molecule has 0 aromatic heterocycles. The highest BCUT2D eigenvalue weighted by Crippen LogP contribution is 2.27. The fourth-order valence-corrected chi connectivity index (χ4v) is 2.09. The third kappa shape index (κ3) is 6.94. The summed E-state index contributed by atoms with van der Waals surface area (Å²) in [7, 11) is 0. The number of carbonyl (C=O) groups is 3. The molecule has 0 spiro atoms. The van der Waals surface area contributed by atoms with Crippen LogP contribution in [0.2, 0.25) is 0 Å². The highest BCUT2D eigenvalue weighted by molar-refractivity contribution is 6.00. The molecular weight excluding hydrogens is 340 g/mol. The van der Waals surface area contributed by atoms with Gasteiger partial charge in [0.15, 0.2) is 0 Å². The third-order valence-electron chi connectivity index (χ3n) is 3.87. The first-order chi connectivity index (χ1) is 12.1. The van der Waals surface area contributed by atoms with E-state index in [0.29, 0.717) is 0 Å². The van der Waals surface area contributed by atoms with E-state index >= 15 is 0 Å². The summed E-state index contributed by atoms with van der Waals surface area (Å²) in [5.41, 5.74) is -2.61. The van der Waals surface area contributed by atoms with Crippen molar-refractivity contribution in [1.29, 1.82) is 0 Å². The maximum Gasteiger partial charge on any atom is 0.329 e. The Balaban J connectivity index is 5.67. The van der Waals surface area contributed by atoms with Gasteiger partial charge in [-0.3, -0.25) is 14.4 Å². The van der Waals surface area contributed by atoms with E-state index in [1.54, 1.807) is 34.6 Å². The summed E-state index contributed by atoms with van der Waals surface area (Å²) in [5.74, 6) is -2.16. The van der Waals surface area contributed by atoms with Crippen LogP contribution in [0.5, 0.6) is 0 Å². The number of carbonyl (C=O) groups excluding carboxylic acids is 3. The van der Waals surface area contributed by atoms with Crippen molar-refractivity contribution in [1.82, 2.24) is 0 Å². The van der Waals surface area contributed by atoms with E-state index in [1.807, 2.05) is 13.8 Å². The Morgan fingerprint density at radius 1 is 0.731 bits per heavy atom. The van der Waals surface area contributed by atoms with Gasteiger partial charge in [-0.05, 0) is 47.5 Å². The molecule has 152 valence electrons. The van der Waals surface area contributed by atoms with Crippen LogP contribution >= 0.6 is 0 Å². The van der Waals surface area contributed by atoms with Gasteiger partial charge in [-0.15, -0.1) is 0 Å². The molecule has 0 amide bonds. The number of ether oxygens (including phenoxy) is 4. The maximum absolute atomic E-state index is 12.6. The molecule has 0 fully saturated rings. The topological polar surface area (TPSA) is 88.1 Å². The predicted molar refractivity (Wildman–Crippen MR) is 96.4 cm³/mol. The standard InChI is InChI=1S/C19H34O7/c1-8-14(9-2)25-12-19(16(21)23-10-3,17(22)24-11-4)13-26-15(20)18(5,6)7/h14H,8-13H2,1-7H3. The highest BCUT2D eigenvalue weighted by atomic mass is 16.6. The van der Waals surface area contributed by atoms with Crippen molar-refractivity contribution in [3.63, 3.8) is 0 Å². The monoisotopic (exact) mass is 374 g/mol. The molecule has 0 saturated carbocycles. The molecule has 0 aromatic carbocycles. The normalized spacial score (nSPS) is 12.0. The van der Waals surface area contributed by atoms with Gasteiger partial charge in [0.2, 0.25) is 5.41 Å². The van der Waals surface area contributed by atoms with Crippen molar-refractivity contribution < 1.29 is 33.3 Å². The fourth-order valence-electron chi connectivity index (χ4n) is 2.09. The Kier molecular flexibility index (Phi) is 10.5. The van der Waals surface area contributed by atoms with Crippen molar-refractivity contribution >= 4 is 17.9 Å². The van der Waals surface area contributed by atoms with Crippen LogP contribution in [0.3, 0.4) is 0 Å². The smallest absolute Gasteiger partial charge is 0.329 e. The summed E-state index contributed by atoms with van der Waals surface area (Å²) in [6.07, 6.45) is 1.32. The lowest BCUT2D eigenvalue weighted by molar-refractivity contribution is -0.187. The van der Waals surface area contributed by atoms with Crippen LogP contribution in [0.1, 0.15) is 61.3 Å². The first-order valence-corrected chi connectivity index (χ1v) is 9.22. The lowest BCUT2D eigenvalue weighted by Crippen LogP contribution is -2.50. The van der Waals surface area contributed by atoms with Gasteiger partial charge in [0, 0.05) is 0 Å². The molecule has 0 rings (SSSR count). The SMILES string of the molecule is CCOC(=O)C(COC(=O)C(C)(C)C)(COC(CC)CC)C(=O)OCC. The molecule has 0 heterocycles. The van der Waals surface area contributed by atoms with Crippen LogP contribution < -0.4 is 0 Å². The number of hydrogen-bond donors (Lipinski definition) is 0. The number of rotatable bonds is 11. The van der Waals surface area contributed by atoms with Crippen molar-refractivity contribution in [3.8, 4) is 0 Å². The van der Waals surface area contributed by atoms with Crippen molar-refractivity contribution in [2.75, 3.05) is 26.4 Å². The van der Waals surface area contributed by atoms with E-state index in [9.17, 15) is 14.4 Å². The van der Waals surface area contributed by atoms with Gasteiger partial charge in [-0.1, -0.05) is 13.8 Å². The molecule has 0 N–H and O–H groups in total. The van der Waals surface area contributed by atoms with Crippen molar-refractivity contribution in [2.24, 2.45) is 10.8 Å². The lowest BCUT2D eigenvalue weighted by atomic mass is 9.89. The predicted octanol–water partition coefficient (Wildman–Crippen LogP) is 2.89. The Morgan fingerprint density at radius 2 is 1.19 bits per heavy atom. The van der Waals surface area contributed by atoms with Gasteiger partial charge < -0.3 is 18.9 Å². The van der Waals surface area contributed by atoms with Crippen LogP contribution in [0.25, 0.3) is 0 Å². The van der Waals surface area contributed by atoms with Crippen LogP contribution in [0.4, 0.5) is 0 Å². The first kappa shape index (κ1) is 24.4. The molecule has 0 saturated heterocycles. The Hall–Kier alpha value is -1.63. The van der Waals surface area contributed by atoms with E-state index in [2.05, 4.69) is 0 Å². The minimum Gasteiger partial charge on any atom is -0.465 e. The van der Waals surface area contributed by atoms with Gasteiger partial charge >= 0.3 is 17.9 Å². The maximum atomic E-state index is 12.6. The van der Waals surface area contributed by atoms with Gasteiger partial charge in [-0.25, -0.2) is 0 Å². The van der Waals surface area contributed by atoms with E-state index in [1.165, 1.54) is 0 Å². The third-order valence-corrected chi connectivity index (χ3v) is 3.87. The first-order valence-electron chi connectivity index (χ1n) is 9.22. The molecule has 0 aliphatic carbocycles. The zero-order chi connectivity index (χ0) is 20.4. The number of hydrogen-bond acceptors (Lipinski definition) is 7. The minimum atomic E-state index is -1.84. The molecule has 0 aliphatic rings. The molecule has 0 unspecified atom stereocenters. The Labute approximate surface area is 156 Å². The Bertz CT molecular complexity index is 443. The molecule has 0 aliphatic heterocycles. The van der Waals surface area contributed by atoms with Gasteiger partial charge in [0.25, 0.3) is 0 Å². The second kappa shape index (κ2) is 11.2. The van der Waals surface area contributed by atoms with E-state index in [0.717, 1.165) is 12.8 Å². The zero-order valence-electron chi connectivity index (χ0n) is 17.2. The molecule has 0 atom stereocenters. The van der Waals surface area contributed by atoms with Gasteiger partial charge in [0.1, 0.15) is 6.61 Å². The molecule has 0 radical (unpaired) electrons. The average Bonchev–Trinajstić information content (AvgIpc) is 2.57. The van der Waals surface area contributed by atoms with Gasteiger partial charge in [0.05, 0.1) is 31.3 Å². The van der Waals surface area contributed by atoms with Crippen LogP contribution in [0.15, 0.2) is 0 Å². The van der Waals surface area contributed by atoms with E-state index in [4.69, 9.17) is 18.9 Å². The van der Waals surface area contributed by atoms with Crippen LogP contribution in [-0.4, -0.2) is 50.4 Å². The van der Waals surface area contributed by atoms with Crippen molar-refractivity contribution in [3.05, 3.63) is 0 Å². The second-order valence-electron chi connectivity index (χ2n) is 7.10. The summed E-state index contributed by atoms with van der Waals surface area (Å²) in [6.45, 7) is 11.6. The molecule has 0 bridgehead atoms. The van der Waals surface area contributed by atoms with Gasteiger partial charge in [-0.2, -0.15) is 0 Å². The molecule has 0 aromatic rings.